The zero-order chi connectivity index (χ0) is 29.3. The molecule has 8 aromatic rings. The van der Waals surface area contributed by atoms with Crippen molar-refractivity contribution in [3.05, 3.63) is 176 Å². The first-order chi connectivity index (χ1) is 21.8. The highest BCUT2D eigenvalue weighted by atomic mass is 15.0. The highest BCUT2D eigenvalue weighted by Crippen LogP contribution is 2.38. The lowest BCUT2D eigenvalue weighted by Gasteiger charge is -2.14. The average Bonchev–Trinajstić information content (AvgIpc) is 3.43. The van der Waals surface area contributed by atoms with Crippen molar-refractivity contribution in [2.24, 2.45) is 0 Å². The number of fused-ring (bicyclic) bond motifs is 3. The third kappa shape index (κ3) is 4.73. The molecular weight excluding hydrogens is 532 g/mol. The molecule has 0 unspecified atom stereocenters. The van der Waals surface area contributed by atoms with Crippen molar-refractivity contribution >= 4 is 33.2 Å². The number of nitrogens with zero attached hydrogens (tertiary/aromatic N) is 1. The van der Waals surface area contributed by atoms with Crippen LogP contribution in [0.3, 0.4) is 0 Å². The third-order valence-corrected chi connectivity index (χ3v) is 8.41. The molecule has 2 nitrogen and oxygen atoms in total. The van der Waals surface area contributed by atoms with Crippen molar-refractivity contribution in [1.82, 2.24) is 4.57 Å². The van der Waals surface area contributed by atoms with Crippen molar-refractivity contribution in [2.75, 3.05) is 5.32 Å². The molecule has 0 aliphatic rings. The number of benzene rings is 7. The van der Waals surface area contributed by atoms with E-state index in [1.807, 2.05) is 0 Å². The van der Waals surface area contributed by atoms with Gasteiger partial charge in [0.15, 0.2) is 0 Å². The van der Waals surface area contributed by atoms with Crippen LogP contribution in [-0.4, -0.2) is 4.57 Å². The molecular formula is C42H30N2. The molecule has 1 heterocycles. The van der Waals surface area contributed by atoms with E-state index in [1.54, 1.807) is 0 Å². The second-order valence-electron chi connectivity index (χ2n) is 11.1. The van der Waals surface area contributed by atoms with E-state index in [0.29, 0.717) is 0 Å². The van der Waals surface area contributed by atoms with Gasteiger partial charge in [-0.3, -0.25) is 0 Å². The molecule has 1 N–H and O–H groups in total. The van der Waals surface area contributed by atoms with Gasteiger partial charge in [0.05, 0.1) is 11.0 Å². The summed E-state index contributed by atoms with van der Waals surface area (Å²) in [5, 5.41) is 6.17. The van der Waals surface area contributed by atoms with Crippen LogP contribution in [0, 0.1) is 0 Å². The van der Waals surface area contributed by atoms with Crippen LogP contribution in [0.25, 0.3) is 60.9 Å². The molecule has 0 bridgehead atoms. The van der Waals surface area contributed by atoms with Crippen LogP contribution in [0.5, 0.6) is 0 Å². The molecule has 208 valence electrons. The largest absolute Gasteiger partial charge is 0.355 e. The summed E-state index contributed by atoms with van der Waals surface area (Å²) in [6.45, 7) is 0. The van der Waals surface area contributed by atoms with Gasteiger partial charge in [-0.25, -0.2) is 0 Å². The molecule has 0 radical (unpaired) electrons. The van der Waals surface area contributed by atoms with Crippen molar-refractivity contribution in [1.29, 1.82) is 0 Å². The maximum absolute atomic E-state index is 3.68. The minimum absolute atomic E-state index is 1.06. The fourth-order valence-corrected chi connectivity index (χ4v) is 6.23. The Morgan fingerprint density at radius 3 is 1.59 bits per heavy atom. The van der Waals surface area contributed by atoms with E-state index >= 15 is 0 Å². The number of para-hydroxylation sites is 2. The van der Waals surface area contributed by atoms with Crippen LogP contribution >= 0.6 is 0 Å². The van der Waals surface area contributed by atoms with Crippen LogP contribution < -0.4 is 5.32 Å². The van der Waals surface area contributed by atoms with Gasteiger partial charge in [0, 0.05) is 33.4 Å². The standard InChI is InChI=1S/C42H30N2/c1-3-11-30(12-4-1)32-19-24-35(25-20-32)43-40-17-9-7-15-37(40)34-23-28-42-39(29-34)38-16-8-10-18-41(38)44(42)36-26-21-33(22-27-36)31-13-5-2-6-14-31/h1-29,43H. The lowest BCUT2D eigenvalue weighted by atomic mass is 10.0. The molecule has 7 aromatic carbocycles. The van der Waals surface area contributed by atoms with Gasteiger partial charge in [-0.15, -0.1) is 0 Å². The SMILES string of the molecule is c1ccc(-c2ccc(Nc3ccccc3-c3ccc4c(c3)c3ccccc3n4-c3ccc(-c4ccccc4)cc3)cc2)cc1. The molecule has 0 saturated carbocycles. The first-order valence-electron chi connectivity index (χ1n) is 15.0. The molecule has 0 aliphatic carbocycles. The summed E-state index contributed by atoms with van der Waals surface area (Å²) < 4.78 is 2.38. The summed E-state index contributed by atoms with van der Waals surface area (Å²) in [7, 11) is 0. The molecule has 0 aliphatic heterocycles. The monoisotopic (exact) mass is 562 g/mol. The Hall–Kier alpha value is -5.86. The van der Waals surface area contributed by atoms with Crippen LogP contribution in [0.4, 0.5) is 11.4 Å². The highest BCUT2D eigenvalue weighted by Gasteiger charge is 2.14. The molecule has 2 heteroatoms. The Bertz CT molecular complexity index is 2210. The number of nitrogens with one attached hydrogen (secondary N) is 1. The van der Waals surface area contributed by atoms with Gasteiger partial charge < -0.3 is 9.88 Å². The Morgan fingerprint density at radius 2 is 0.886 bits per heavy atom. The Balaban J connectivity index is 1.17. The molecule has 8 rings (SSSR count). The van der Waals surface area contributed by atoms with E-state index in [9.17, 15) is 0 Å². The predicted octanol–water partition coefficient (Wildman–Crippen LogP) is 11.5. The normalized spacial score (nSPS) is 11.2. The third-order valence-electron chi connectivity index (χ3n) is 8.41. The quantitative estimate of drug-likeness (QED) is 0.213. The average molecular weight is 563 g/mol. The van der Waals surface area contributed by atoms with Gasteiger partial charge in [-0.05, 0) is 76.3 Å². The van der Waals surface area contributed by atoms with E-state index in [2.05, 4.69) is 186 Å². The van der Waals surface area contributed by atoms with Gasteiger partial charge in [-0.2, -0.15) is 0 Å². The number of hydrogen-bond acceptors (Lipinski definition) is 1. The number of rotatable bonds is 6. The van der Waals surface area contributed by atoms with E-state index in [0.717, 1.165) is 17.1 Å². The Kier molecular flexibility index (Phi) is 6.51. The van der Waals surface area contributed by atoms with Gasteiger partial charge in [0.2, 0.25) is 0 Å². The summed E-state index contributed by atoms with van der Waals surface area (Å²) in [5.41, 5.74) is 12.9. The van der Waals surface area contributed by atoms with Crippen LogP contribution in [-0.2, 0) is 0 Å². The van der Waals surface area contributed by atoms with Crippen LogP contribution in [0.1, 0.15) is 0 Å². The first-order valence-corrected chi connectivity index (χ1v) is 15.0. The molecule has 1 aromatic heterocycles. The van der Waals surface area contributed by atoms with E-state index in [1.165, 1.54) is 55.2 Å². The van der Waals surface area contributed by atoms with Gasteiger partial charge in [0.25, 0.3) is 0 Å². The molecule has 0 saturated heterocycles. The van der Waals surface area contributed by atoms with Crippen molar-refractivity contribution in [3.8, 4) is 39.1 Å². The zero-order valence-corrected chi connectivity index (χ0v) is 24.2. The maximum atomic E-state index is 3.68. The molecule has 0 spiro atoms. The fourth-order valence-electron chi connectivity index (χ4n) is 6.23. The first kappa shape index (κ1) is 25.8. The van der Waals surface area contributed by atoms with Crippen molar-refractivity contribution in [3.63, 3.8) is 0 Å². The Morgan fingerprint density at radius 1 is 0.364 bits per heavy atom. The maximum Gasteiger partial charge on any atom is 0.0541 e. The van der Waals surface area contributed by atoms with E-state index < -0.39 is 0 Å². The van der Waals surface area contributed by atoms with Gasteiger partial charge >= 0.3 is 0 Å². The van der Waals surface area contributed by atoms with Crippen LogP contribution in [0.2, 0.25) is 0 Å². The van der Waals surface area contributed by atoms with Crippen LogP contribution in [0.15, 0.2) is 176 Å². The zero-order valence-electron chi connectivity index (χ0n) is 24.2. The molecule has 0 atom stereocenters. The lowest BCUT2D eigenvalue weighted by molar-refractivity contribution is 1.18. The Labute approximate surface area is 257 Å². The number of hydrogen-bond donors (Lipinski definition) is 1. The summed E-state index contributed by atoms with van der Waals surface area (Å²) in [6, 6.07) is 62.7. The lowest BCUT2D eigenvalue weighted by Crippen LogP contribution is -1.95. The van der Waals surface area contributed by atoms with E-state index in [-0.39, 0.29) is 0 Å². The minimum atomic E-state index is 1.06. The number of aromatic nitrogens is 1. The minimum Gasteiger partial charge on any atom is -0.355 e. The number of anilines is 2. The second-order valence-corrected chi connectivity index (χ2v) is 11.1. The van der Waals surface area contributed by atoms with Gasteiger partial charge in [-0.1, -0.05) is 127 Å². The second kappa shape index (κ2) is 11.1. The summed E-state index contributed by atoms with van der Waals surface area (Å²) >= 11 is 0. The highest BCUT2D eigenvalue weighted by molar-refractivity contribution is 6.10. The topological polar surface area (TPSA) is 17.0 Å². The summed E-state index contributed by atoms with van der Waals surface area (Å²) in [5.74, 6) is 0. The summed E-state index contributed by atoms with van der Waals surface area (Å²) in [4.78, 5) is 0. The molecule has 44 heavy (non-hydrogen) atoms. The van der Waals surface area contributed by atoms with Crippen molar-refractivity contribution in [2.45, 2.75) is 0 Å². The molecule has 0 fully saturated rings. The smallest absolute Gasteiger partial charge is 0.0541 e. The van der Waals surface area contributed by atoms with Gasteiger partial charge in [0.1, 0.15) is 0 Å². The predicted molar refractivity (Wildman–Crippen MR) is 187 cm³/mol. The fraction of sp³-hybridized carbons (Fsp3) is 0. The van der Waals surface area contributed by atoms with Crippen molar-refractivity contribution < 1.29 is 0 Å². The van der Waals surface area contributed by atoms with E-state index in [4.69, 9.17) is 0 Å². The molecule has 0 amide bonds. The summed E-state index contributed by atoms with van der Waals surface area (Å²) in [6.07, 6.45) is 0.